The SMILES string of the molecule is CC(=O)N[C@H]1CC[C@](CNC(=O)C(C)(C)c2ccccc2F)(c2ccccc2)CC[C@@H]1O. The van der Waals surface area contributed by atoms with Crippen molar-refractivity contribution in [3.05, 3.63) is 71.5 Å². The number of carbonyl (C=O) groups is 2. The minimum atomic E-state index is -1.04. The molecule has 2 aromatic rings. The number of benzene rings is 2. The van der Waals surface area contributed by atoms with Crippen LogP contribution in [-0.2, 0) is 20.4 Å². The van der Waals surface area contributed by atoms with E-state index in [1.54, 1.807) is 32.0 Å². The molecular formula is C26H33FN2O3. The van der Waals surface area contributed by atoms with Gasteiger partial charge in [-0.2, -0.15) is 0 Å². The maximum atomic E-state index is 14.4. The van der Waals surface area contributed by atoms with Gasteiger partial charge >= 0.3 is 0 Å². The van der Waals surface area contributed by atoms with Gasteiger partial charge in [-0.1, -0.05) is 48.5 Å². The van der Waals surface area contributed by atoms with E-state index in [0.29, 0.717) is 37.8 Å². The quantitative estimate of drug-likeness (QED) is 0.601. The number of hydrogen-bond donors (Lipinski definition) is 3. The van der Waals surface area contributed by atoms with Gasteiger partial charge < -0.3 is 15.7 Å². The van der Waals surface area contributed by atoms with Crippen LogP contribution in [-0.4, -0.2) is 35.6 Å². The third-order valence-electron chi connectivity index (χ3n) is 6.79. The van der Waals surface area contributed by atoms with Gasteiger partial charge in [0.2, 0.25) is 11.8 Å². The minimum absolute atomic E-state index is 0.166. The zero-order valence-corrected chi connectivity index (χ0v) is 19.0. The summed E-state index contributed by atoms with van der Waals surface area (Å²) >= 11 is 0. The van der Waals surface area contributed by atoms with E-state index in [1.165, 1.54) is 13.0 Å². The molecule has 1 fully saturated rings. The Labute approximate surface area is 189 Å². The fraction of sp³-hybridized carbons (Fsp3) is 0.462. The van der Waals surface area contributed by atoms with Crippen molar-refractivity contribution in [1.29, 1.82) is 0 Å². The summed E-state index contributed by atoms with van der Waals surface area (Å²) in [5.74, 6) is -0.816. The van der Waals surface area contributed by atoms with E-state index < -0.39 is 22.8 Å². The Hall–Kier alpha value is -2.73. The zero-order valence-electron chi connectivity index (χ0n) is 19.0. The molecule has 32 heavy (non-hydrogen) atoms. The third kappa shape index (κ3) is 5.18. The average molecular weight is 441 g/mol. The van der Waals surface area contributed by atoms with Gasteiger partial charge in [0.15, 0.2) is 0 Å². The van der Waals surface area contributed by atoms with Crippen molar-refractivity contribution in [3.63, 3.8) is 0 Å². The first-order valence-corrected chi connectivity index (χ1v) is 11.2. The number of nitrogens with one attached hydrogen (secondary N) is 2. The van der Waals surface area contributed by atoms with Gasteiger partial charge in [0.05, 0.1) is 17.6 Å². The van der Waals surface area contributed by atoms with Crippen LogP contribution in [0.1, 0.15) is 57.6 Å². The largest absolute Gasteiger partial charge is 0.391 e. The first-order valence-electron chi connectivity index (χ1n) is 11.2. The van der Waals surface area contributed by atoms with Gasteiger partial charge in [0.1, 0.15) is 5.82 Å². The number of halogens is 1. The highest BCUT2D eigenvalue weighted by molar-refractivity contribution is 5.87. The Kier molecular flexibility index (Phi) is 7.34. The van der Waals surface area contributed by atoms with Crippen LogP contribution in [0.5, 0.6) is 0 Å². The molecule has 0 aromatic heterocycles. The van der Waals surface area contributed by atoms with E-state index in [2.05, 4.69) is 10.6 Å². The van der Waals surface area contributed by atoms with Crippen LogP contribution in [0.4, 0.5) is 4.39 Å². The molecule has 1 saturated carbocycles. The number of rotatable bonds is 6. The van der Waals surface area contributed by atoms with E-state index >= 15 is 0 Å². The Morgan fingerprint density at radius 3 is 2.34 bits per heavy atom. The molecule has 3 atom stereocenters. The van der Waals surface area contributed by atoms with Gasteiger partial charge in [-0.05, 0) is 51.2 Å². The van der Waals surface area contributed by atoms with E-state index in [9.17, 15) is 19.1 Å². The van der Waals surface area contributed by atoms with Gasteiger partial charge in [-0.15, -0.1) is 0 Å². The van der Waals surface area contributed by atoms with E-state index in [1.807, 2.05) is 30.3 Å². The molecule has 172 valence electrons. The van der Waals surface area contributed by atoms with Crippen molar-refractivity contribution in [2.75, 3.05) is 6.54 Å². The molecule has 0 heterocycles. The molecule has 0 spiro atoms. The molecule has 3 rings (SSSR count). The average Bonchev–Trinajstić information content (AvgIpc) is 2.92. The van der Waals surface area contributed by atoms with Crippen LogP contribution in [0.25, 0.3) is 0 Å². The Bertz CT molecular complexity index is 947. The molecule has 6 heteroatoms. The van der Waals surface area contributed by atoms with E-state index in [-0.39, 0.29) is 17.9 Å². The second kappa shape index (κ2) is 9.82. The molecule has 0 bridgehead atoms. The number of aliphatic hydroxyl groups is 1. The summed E-state index contributed by atoms with van der Waals surface area (Å²) in [4.78, 5) is 24.8. The van der Waals surface area contributed by atoms with Crippen LogP contribution >= 0.6 is 0 Å². The van der Waals surface area contributed by atoms with Crippen molar-refractivity contribution in [2.24, 2.45) is 0 Å². The maximum absolute atomic E-state index is 14.4. The molecule has 2 aromatic carbocycles. The lowest BCUT2D eigenvalue weighted by atomic mass is 9.73. The Morgan fingerprint density at radius 2 is 1.69 bits per heavy atom. The summed E-state index contributed by atoms with van der Waals surface area (Å²) in [5.41, 5.74) is 0.00995. The van der Waals surface area contributed by atoms with Crippen molar-refractivity contribution in [1.82, 2.24) is 10.6 Å². The van der Waals surface area contributed by atoms with E-state index in [4.69, 9.17) is 0 Å². The zero-order chi connectivity index (χ0) is 23.4. The molecule has 0 radical (unpaired) electrons. The van der Waals surface area contributed by atoms with Crippen LogP contribution in [0.3, 0.4) is 0 Å². The second-order valence-electron chi connectivity index (χ2n) is 9.39. The molecule has 1 aliphatic carbocycles. The molecule has 0 saturated heterocycles. The summed E-state index contributed by atoms with van der Waals surface area (Å²) in [7, 11) is 0. The van der Waals surface area contributed by atoms with Crippen LogP contribution in [0.2, 0.25) is 0 Å². The highest BCUT2D eigenvalue weighted by Crippen LogP contribution is 2.38. The van der Waals surface area contributed by atoms with Crippen LogP contribution in [0.15, 0.2) is 54.6 Å². The summed E-state index contributed by atoms with van der Waals surface area (Å²) in [6.45, 7) is 5.26. The van der Waals surface area contributed by atoms with Gasteiger partial charge in [-0.3, -0.25) is 9.59 Å². The van der Waals surface area contributed by atoms with Gasteiger partial charge in [0.25, 0.3) is 0 Å². The molecule has 0 unspecified atom stereocenters. The maximum Gasteiger partial charge on any atom is 0.230 e. The van der Waals surface area contributed by atoms with Crippen molar-refractivity contribution in [3.8, 4) is 0 Å². The number of hydrogen-bond acceptors (Lipinski definition) is 3. The molecule has 1 aliphatic rings. The van der Waals surface area contributed by atoms with Crippen molar-refractivity contribution in [2.45, 2.75) is 69.4 Å². The number of amides is 2. The van der Waals surface area contributed by atoms with Gasteiger partial charge in [-0.25, -0.2) is 4.39 Å². The van der Waals surface area contributed by atoms with Gasteiger partial charge in [0, 0.05) is 24.4 Å². The molecule has 0 aliphatic heterocycles. The smallest absolute Gasteiger partial charge is 0.230 e. The Morgan fingerprint density at radius 1 is 1.06 bits per heavy atom. The standard InChI is InChI=1S/C26H33FN2O3/c1-18(30)29-22-13-15-26(16-14-23(22)31,19-9-5-4-6-10-19)17-28-24(32)25(2,3)20-11-7-8-12-21(20)27/h4-12,22-23,31H,13-17H2,1-3H3,(H,28,32)(H,29,30)/t22-,23-,26-/m0/s1. The lowest BCUT2D eigenvalue weighted by Gasteiger charge is -2.35. The summed E-state index contributed by atoms with van der Waals surface area (Å²) in [6.07, 6.45) is 1.82. The number of carbonyl (C=O) groups excluding carboxylic acids is 2. The predicted octanol–water partition coefficient (Wildman–Crippen LogP) is 3.60. The predicted molar refractivity (Wildman–Crippen MR) is 123 cm³/mol. The van der Waals surface area contributed by atoms with Crippen LogP contribution in [0, 0.1) is 5.82 Å². The van der Waals surface area contributed by atoms with Crippen molar-refractivity contribution >= 4 is 11.8 Å². The first-order chi connectivity index (χ1) is 15.2. The summed E-state index contributed by atoms with van der Waals surface area (Å²) in [6, 6.07) is 16.0. The number of aliphatic hydroxyl groups excluding tert-OH is 1. The van der Waals surface area contributed by atoms with Crippen LogP contribution < -0.4 is 10.6 Å². The fourth-order valence-corrected chi connectivity index (χ4v) is 4.72. The normalized spacial score (nSPS) is 23.8. The molecule has 5 nitrogen and oxygen atoms in total. The second-order valence-corrected chi connectivity index (χ2v) is 9.39. The monoisotopic (exact) mass is 440 g/mol. The topological polar surface area (TPSA) is 78.4 Å². The molecule has 2 amide bonds. The Balaban J connectivity index is 1.84. The third-order valence-corrected chi connectivity index (χ3v) is 6.79. The lowest BCUT2D eigenvalue weighted by molar-refractivity contribution is -0.126. The lowest BCUT2D eigenvalue weighted by Crippen LogP contribution is -2.47. The fourth-order valence-electron chi connectivity index (χ4n) is 4.72. The first kappa shape index (κ1) is 23.9. The highest BCUT2D eigenvalue weighted by atomic mass is 19.1. The summed E-state index contributed by atoms with van der Waals surface area (Å²) < 4.78 is 14.4. The van der Waals surface area contributed by atoms with E-state index in [0.717, 1.165) is 5.56 Å². The van der Waals surface area contributed by atoms with Crippen molar-refractivity contribution < 1.29 is 19.1 Å². The summed E-state index contributed by atoms with van der Waals surface area (Å²) in [5, 5.41) is 16.6. The molecule has 3 N–H and O–H groups in total. The molecular weight excluding hydrogens is 407 g/mol. The minimum Gasteiger partial charge on any atom is -0.391 e. The highest BCUT2D eigenvalue weighted by Gasteiger charge is 2.40.